The fourth-order valence-corrected chi connectivity index (χ4v) is 5.92. The van der Waals surface area contributed by atoms with Gasteiger partial charge in [-0.05, 0) is 54.5 Å². The van der Waals surface area contributed by atoms with Gasteiger partial charge in [0.25, 0.3) is 0 Å². The molecule has 0 spiro atoms. The Balaban J connectivity index is 1.11. The van der Waals surface area contributed by atoms with E-state index in [0.29, 0.717) is 25.9 Å². The molecule has 3 N–H and O–H groups in total. The maximum Gasteiger partial charge on any atom is 0.407 e. The average Bonchev–Trinajstić information content (AvgIpc) is 3.50. The number of hydrogen-bond donors (Lipinski definition) is 3. The molecule has 1 saturated heterocycles. The van der Waals surface area contributed by atoms with Gasteiger partial charge < -0.3 is 20.5 Å². The number of amides is 2. The molecule has 0 saturated carbocycles. The quantitative estimate of drug-likeness (QED) is 0.328. The molecule has 1 unspecified atom stereocenters. The van der Waals surface area contributed by atoms with E-state index >= 15 is 0 Å². The fourth-order valence-electron chi connectivity index (χ4n) is 5.92. The first-order valence-corrected chi connectivity index (χ1v) is 14.1. The molecule has 2 aliphatic rings. The van der Waals surface area contributed by atoms with E-state index in [1.165, 1.54) is 0 Å². The van der Waals surface area contributed by atoms with Gasteiger partial charge in [0.05, 0.1) is 0 Å². The topological polar surface area (TPSA) is 108 Å². The van der Waals surface area contributed by atoms with Crippen molar-refractivity contribution >= 4 is 18.0 Å². The highest BCUT2D eigenvalue weighted by Crippen LogP contribution is 2.44. The van der Waals surface area contributed by atoms with Crippen LogP contribution >= 0.6 is 0 Å². The molecule has 1 atom stereocenters. The lowest BCUT2D eigenvalue weighted by Crippen LogP contribution is -2.56. The molecule has 1 aliphatic heterocycles. The van der Waals surface area contributed by atoms with Gasteiger partial charge in [0.1, 0.15) is 6.61 Å². The van der Waals surface area contributed by atoms with Crippen LogP contribution in [0.1, 0.15) is 55.7 Å². The first-order valence-electron chi connectivity index (χ1n) is 14.1. The molecule has 8 nitrogen and oxygen atoms in total. The molecule has 0 bridgehead atoms. The second-order valence-electron chi connectivity index (χ2n) is 11.7. The Morgan fingerprint density at radius 1 is 0.951 bits per heavy atom. The molecule has 0 radical (unpaired) electrons. The van der Waals surface area contributed by atoms with Gasteiger partial charge in [-0.1, -0.05) is 78.9 Å². The Hall–Kier alpha value is -4.17. The van der Waals surface area contributed by atoms with Crippen molar-refractivity contribution in [3.05, 3.63) is 95.6 Å². The number of carboxylic acid groups (broad SMARTS) is 1. The number of nitrogens with one attached hydrogen (secondary N) is 2. The number of carbonyl (C=O) groups excluding carboxylic acids is 2. The van der Waals surface area contributed by atoms with Crippen LogP contribution in [-0.2, 0) is 20.9 Å². The van der Waals surface area contributed by atoms with E-state index < -0.39 is 23.1 Å². The number of carboxylic acids is 1. The lowest BCUT2D eigenvalue weighted by atomic mass is 9.95. The van der Waals surface area contributed by atoms with Crippen LogP contribution in [0.4, 0.5) is 4.79 Å². The van der Waals surface area contributed by atoms with Crippen molar-refractivity contribution in [1.29, 1.82) is 0 Å². The first-order chi connectivity index (χ1) is 19.7. The maximum absolute atomic E-state index is 12.9. The van der Waals surface area contributed by atoms with Gasteiger partial charge in [-0.25, -0.2) is 9.59 Å². The normalized spacial score (nSPS) is 18.4. The van der Waals surface area contributed by atoms with Crippen LogP contribution in [0.3, 0.4) is 0 Å². The van der Waals surface area contributed by atoms with E-state index in [2.05, 4.69) is 34.9 Å². The van der Waals surface area contributed by atoms with Crippen molar-refractivity contribution < 1.29 is 24.2 Å². The van der Waals surface area contributed by atoms with Crippen molar-refractivity contribution in [3.63, 3.8) is 0 Å². The zero-order valence-electron chi connectivity index (χ0n) is 23.6. The summed E-state index contributed by atoms with van der Waals surface area (Å²) in [5, 5.41) is 15.7. The lowest BCUT2D eigenvalue weighted by molar-refractivity contribution is -0.147. The minimum absolute atomic E-state index is 0.0397. The second kappa shape index (κ2) is 11.7. The van der Waals surface area contributed by atoms with Gasteiger partial charge in [-0.2, -0.15) is 0 Å². The third kappa shape index (κ3) is 6.43. The third-order valence-electron chi connectivity index (χ3n) is 8.15. The minimum Gasteiger partial charge on any atom is -0.479 e. The average molecular weight is 556 g/mol. The Kier molecular flexibility index (Phi) is 8.13. The third-order valence-corrected chi connectivity index (χ3v) is 8.15. The molecule has 1 aliphatic carbocycles. The summed E-state index contributed by atoms with van der Waals surface area (Å²) in [6.45, 7) is 5.30. The molecule has 41 heavy (non-hydrogen) atoms. The largest absolute Gasteiger partial charge is 0.479 e. The standard InChI is InChI=1S/C33H37N3O5/c1-32(2,35-31(40)41-21-28-26-14-8-6-12-24(26)25-13-7-9-15-27(25)28)17-16-29(37)34-33(30(38)39)18-19-36(22-33)20-23-10-4-3-5-11-23/h3-15,28H,16-22H2,1-2H3,(H,34,37)(H,35,40)(H,38,39). The number of fused-ring (bicyclic) bond motifs is 3. The summed E-state index contributed by atoms with van der Waals surface area (Å²) in [7, 11) is 0. The van der Waals surface area contributed by atoms with Gasteiger partial charge in [-0.3, -0.25) is 9.69 Å². The summed E-state index contributed by atoms with van der Waals surface area (Å²) in [5.41, 5.74) is 3.64. The number of hydrogen-bond acceptors (Lipinski definition) is 5. The predicted molar refractivity (Wildman–Crippen MR) is 156 cm³/mol. The van der Waals surface area contributed by atoms with E-state index in [1.807, 2.05) is 73.3 Å². The molecular weight excluding hydrogens is 518 g/mol. The molecule has 214 valence electrons. The highest BCUT2D eigenvalue weighted by Gasteiger charge is 2.46. The first kappa shape index (κ1) is 28.4. The Morgan fingerprint density at radius 3 is 2.20 bits per heavy atom. The van der Waals surface area contributed by atoms with Crippen molar-refractivity contribution in [1.82, 2.24) is 15.5 Å². The zero-order valence-corrected chi connectivity index (χ0v) is 23.6. The summed E-state index contributed by atoms with van der Waals surface area (Å²) < 4.78 is 5.66. The van der Waals surface area contributed by atoms with Crippen LogP contribution in [0.25, 0.3) is 11.1 Å². The van der Waals surface area contributed by atoms with Gasteiger partial charge >= 0.3 is 12.1 Å². The van der Waals surface area contributed by atoms with Crippen LogP contribution in [-0.4, -0.2) is 58.8 Å². The number of alkyl carbamates (subject to hydrolysis) is 1. The minimum atomic E-state index is -1.32. The molecule has 3 aromatic rings. The smallest absolute Gasteiger partial charge is 0.407 e. The van der Waals surface area contributed by atoms with Crippen LogP contribution in [0.2, 0.25) is 0 Å². The summed E-state index contributed by atoms with van der Waals surface area (Å²) in [6.07, 6.45) is 0.186. The van der Waals surface area contributed by atoms with Crippen molar-refractivity contribution in [2.45, 2.75) is 56.7 Å². The van der Waals surface area contributed by atoms with Gasteiger partial charge in [0, 0.05) is 37.5 Å². The number of benzene rings is 3. The molecule has 5 rings (SSSR count). The van der Waals surface area contributed by atoms with Crippen LogP contribution < -0.4 is 10.6 Å². The zero-order chi connectivity index (χ0) is 29.0. The van der Waals surface area contributed by atoms with E-state index in [-0.39, 0.29) is 31.4 Å². The number of likely N-dealkylation sites (tertiary alicyclic amines) is 1. The number of aliphatic carboxylic acids is 1. The summed E-state index contributed by atoms with van der Waals surface area (Å²) in [4.78, 5) is 39.9. The van der Waals surface area contributed by atoms with Crippen molar-refractivity contribution in [3.8, 4) is 11.1 Å². The van der Waals surface area contributed by atoms with Crippen molar-refractivity contribution in [2.75, 3.05) is 19.7 Å². The van der Waals surface area contributed by atoms with E-state index in [4.69, 9.17) is 4.74 Å². The SMILES string of the molecule is CC(C)(CCC(=O)NC1(C(=O)O)CCN(Cc2ccccc2)C1)NC(=O)OCC1c2ccccc2-c2ccccc21. The number of ether oxygens (including phenoxy) is 1. The summed E-state index contributed by atoms with van der Waals surface area (Å²) in [6, 6.07) is 26.2. The number of rotatable bonds is 10. The molecule has 1 heterocycles. The highest BCUT2D eigenvalue weighted by molar-refractivity contribution is 5.87. The predicted octanol–water partition coefficient (Wildman–Crippen LogP) is 4.93. The highest BCUT2D eigenvalue weighted by atomic mass is 16.5. The summed E-state index contributed by atoms with van der Waals surface area (Å²) in [5.74, 6) is -1.42. The van der Waals surface area contributed by atoms with Crippen LogP contribution in [0.15, 0.2) is 78.9 Å². The van der Waals surface area contributed by atoms with Gasteiger partial charge in [0.2, 0.25) is 5.91 Å². The number of carbonyl (C=O) groups is 3. The van der Waals surface area contributed by atoms with Crippen LogP contribution in [0, 0.1) is 0 Å². The van der Waals surface area contributed by atoms with E-state index in [9.17, 15) is 19.5 Å². The molecule has 2 amide bonds. The molecule has 0 aromatic heterocycles. The van der Waals surface area contributed by atoms with Crippen LogP contribution in [0.5, 0.6) is 0 Å². The Morgan fingerprint density at radius 2 is 1.56 bits per heavy atom. The van der Waals surface area contributed by atoms with E-state index in [0.717, 1.165) is 27.8 Å². The maximum atomic E-state index is 12.9. The summed E-state index contributed by atoms with van der Waals surface area (Å²) >= 11 is 0. The van der Waals surface area contributed by atoms with Gasteiger partial charge in [0.15, 0.2) is 5.54 Å². The van der Waals surface area contributed by atoms with Crippen molar-refractivity contribution in [2.24, 2.45) is 0 Å². The molecule has 3 aromatic carbocycles. The molecule has 1 fully saturated rings. The number of nitrogens with zero attached hydrogens (tertiary/aromatic N) is 1. The Labute approximate surface area is 240 Å². The lowest BCUT2D eigenvalue weighted by Gasteiger charge is -2.29. The molecular formula is C33H37N3O5. The van der Waals surface area contributed by atoms with E-state index in [1.54, 1.807) is 0 Å². The molecule has 8 heteroatoms. The Bertz CT molecular complexity index is 1380. The van der Waals surface area contributed by atoms with Gasteiger partial charge in [-0.15, -0.1) is 0 Å². The monoisotopic (exact) mass is 555 g/mol. The fraction of sp³-hybridized carbons (Fsp3) is 0.364. The second-order valence-corrected chi connectivity index (χ2v) is 11.7.